The van der Waals surface area contributed by atoms with Gasteiger partial charge in [-0.3, -0.25) is 4.98 Å². The summed E-state index contributed by atoms with van der Waals surface area (Å²) in [4.78, 5) is 10.0. The zero-order valence-corrected chi connectivity index (χ0v) is 29.2. The molecule has 2 nitrogen and oxygen atoms in total. The summed E-state index contributed by atoms with van der Waals surface area (Å²) in [5.74, 6) is 0. The maximum atomic E-state index is 5.19. The van der Waals surface area contributed by atoms with Crippen molar-refractivity contribution in [2.24, 2.45) is 0 Å². The molecule has 2 heteroatoms. The molecular formula is C50H36N2. The van der Waals surface area contributed by atoms with Crippen LogP contribution in [0.3, 0.4) is 0 Å². The molecule has 0 unspecified atom stereocenters. The highest BCUT2D eigenvalue weighted by Crippen LogP contribution is 2.41. The molecule has 9 rings (SSSR count). The van der Waals surface area contributed by atoms with Gasteiger partial charge in [0.05, 0.1) is 17.1 Å². The van der Waals surface area contributed by atoms with Gasteiger partial charge in [-0.05, 0) is 123 Å². The molecule has 0 spiro atoms. The first-order valence-electron chi connectivity index (χ1n) is 17.8. The maximum Gasteiger partial charge on any atom is 0.0715 e. The second kappa shape index (κ2) is 13.2. The minimum atomic E-state index is 0.949. The summed E-state index contributed by atoms with van der Waals surface area (Å²) < 4.78 is 0. The molecule has 246 valence electrons. The quantitative estimate of drug-likeness (QED) is 0.165. The summed E-state index contributed by atoms with van der Waals surface area (Å²) in [6, 6.07) is 65.4. The van der Waals surface area contributed by atoms with Gasteiger partial charge in [0, 0.05) is 22.4 Å². The number of fused-ring (bicyclic) bond motifs is 2. The summed E-state index contributed by atoms with van der Waals surface area (Å²) in [5.41, 5.74) is 15.4. The Bertz CT molecular complexity index is 2600. The van der Waals surface area contributed by atoms with E-state index >= 15 is 0 Å². The molecule has 2 aromatic heterocycles. The number of pyridine rings is 2. The Morgan fingerprint density at radius 3 is 1.33 bits per heavy atom. The van der Waals surface area contributed by atoms with Crippen molar-refractivity contribution in [3.8, 4) is 67.2 Å². The van der Waals surface area contributed by atoms with Gasteiger partial charge >= 0.3 is 0 Å². The van der Waals surface area contributed by atoms with E-state index in [9.17, 15) is 0 Å². The highest BCUT2D eigenvalue weighted by atomic mass is 14.7. The minimum Gasteiger partial charge on any atom is -0.253 e. The number of aromatic nitrogens is 2. The van der Waals surface area contributed by atoms with E-state index in [4.69, 9.17) is 9.97 Å². The van der Waals surface area contributed by atoms with E-state index in [-0.39, 0.29) is 0 Å². The van der Waals surface area contributed by atoms with Gasteiger partial charge in [-0.15, -0.1) is 0 Å². The predicted octanol–water partition coefficient (Wildman–Crippen LogP) is 13.4. The van der Waals surface area contributed by atoms with Crippen molar-refractivity contribution in [3.05, 3.63) is 193 Å². The summed E-state index contributed by atoms with van der Waals surface area (Å²) in [6.45, 7) is 4.18. The highest BCUT2D eigenvalue weighted by Gasteiger charge is 2.16. The zero-order chi connectivity index (χ0) is 35.0. The lowest BCUT2D eigenvalue weighted by Crippen LogP contribution is -1.93. The smallest absolute Gasteiger partial charge is 0.0715 e. The average Bonchev–Trinajstić information content (AvgIpc) is 3.20. The van der Waals surface area contributed by atoms with Crippen LogP contribution in [0.4, 0.5) is 0 Å². The standard InChI is InChI=1S/C50H36N2/c1-33-25-34(2)51-47(26-33)38-23-21-35(22-24-38)41-28-42(30-44(29-41)50-45-19-11-9-17-39(45)27-40-18-10-12-20-46(40)50)43-31-48(36-13-5-3-6-14-36)52-49(32-43)37-15-7-4-8-16-37/h3-32H,1-2H3. The van der Waals surface area contributed by atoms with Crippen LogP contribution >= 0.6 is 0 Å². The second-order valence-electron chi connectivity index (χ2n) is 13.6. The summed E-state index contributed by atoms with van der Waals surface area (Å²) >= 11 is 0. The Morgan fingerprint density at radius 1 is 0.308 bits per heavy atom. The Hall–Kier alpha value is -6.64. The van der Waals surface area contributed by atoms with Crippen LogP contribution in [0.15, 0.2) is 182 Å². The summed E-state index contributed by atoms with van der Waals surface area (Å²) in [7, 11) is 0. The fraction of sp³-hybridized carbons (Fsp3) is 0.0400. The number of hydrogen-bond acceptors (Lipinski definition) is 2. The third-order valence-electron chi connectivity index (χ3n) is 9.90. The Morgan fingerprint density at radius 2 is 0.750 bits per heavy atom. The lowest BCUT2D eigenvalue weighted by Gasteiger charge is -2.17. The van der Waals surface area contributed by atoms with Crippen LogP contribution in [-0.2, 0) is 0 Å². The molecule has 0 atom stereocenters. The highest BCUT2D eigenvalue weighted by molar-refractivity contribution is 6.13. The SMILES string of the molecule is Cc1cc(C)nc(-c2ccc(-c3cc(-c4cc(-c5ccccc5)nc(-c5ccccc5)c4)cc(-c4c5ccccc5cc5ccccc45)c3)cc2)c1. The molecule has 0 bridgehead atoms. The molecule has 0 aliphatic carbocycles. The molecule has 0 radical (unpaired) electrons. The van der Waals surface area contributed by atoms with E-state index in [1.807, 2.05) is 0 Å². The van der Waals surface area contributed by atoms with E-state index in [2.05, 4.69) is 196 Å². The predicted molar refractivity (Wildman–Crippen MR) is 219 cm³/mol. The van der Waals surface area contributed by atoms with Crippen molar-refractivity contribution in [1.29, 1.82) is 0 Å². The first-order valence-corrected chi connectivity index (χ1v) is 17.8. The molecule has 2 heterocycles. The van der Waals surface area contributed by atoms with Gasteiger partial charge in [0.25, 0.3) is 0 Å². The van der Waals surface area contributed by atoms with Crippen molar-refractivity contribution in [2.45, 2.75) is 13.8 Å². The third-order valence-corrected chi connectivity index (χ3v) is 9.90. The van der Waals surface area contributed by atoms with Gasteiger partial charge < -0.3 is 0 Å². The zero-order valence-electron chi connectivity index (χ0n) is 29.2. The normalized spacial score (nSPS) is 11.3. The number of benzene rings is 7. The van der Waals surface area contributed by atoms with Gasteiger partial charge in [-0.1, -0.05) is 133 Å². The van der Waals surface area contributed by atoms with Gasteiger partial charge in [-0.2, -0.15) is 0 Å². The summed E-state index contributed by atoms with van der Waals surface area (Å²) in [6.07, 6.45) is 0. The molecule has 7 aromatic carbocycles. The Labute approximate surface area is 304 Å². The molecular weight excluding hydrogens is 629 g/mol. The third kappa shape index (κ3) is 6.05. The molecule has 0 saturated carbocycles. The largest absolute Gasteiger partial charge is 0.253 e. The van der Waals surface area contributed by atoms with E-state index in [1.165, 1.54) is 38.2 Å². The first kappa shape index (κ1) is 31.3. The topological polar surface area (TPSA) is 25.8 Å². The second-order valence-corrected chi connectivity index (χ2v) is 13.6. The lowest BCUT2D eigenvalue weighted by molar-refractivity contribution is 1.18. The Kier molecular flexibility index (Phi) is 7.98. The van der Waals surface area contributed by atoms with E-state index in [0.717, 1.165) is 61.7 Å². The number of hydrogen-bond donors (Lipinski definition) is 0. The molecule has 0 aliphatic rings. The van der Waals surface area contributed by atoms with E-state index in [0.29, 0.717) is 0 Å². The molecule has 52 heavy (non-hydrogen) atoms. The van der Waals surface area contributed by atoms with E-state index in [1.54, 1.807) is 0 Å². The molecule has 0 saturated heterocycles. The van der Waals surface area contributed by atoms with Crippen LogP contribution < -0.4 is 0 Å². The summed E-state index contributed by atoms with van der Waals surface area (Å²) in [5, 5.41) is 4.95. The Balaban J connectivity index is 1.29. The van der Waals surface area contributed by atoms with Gasteiger partial charge in [-0.25, -0.2) is 4.98 Å². The number of nitrogens with zero attached hydrogens (tertiary/aromatic N) is 2. The van der Waals surface area contributed by atoms with E-state index < -0.39 is 0 Å². The molecule has 0 fully saturated rings. The fourth-order valence-corrected chi connectivity index (χ4v) is 7.46. The van der Waals surface area contributed by atoms with Gasteiger partial charge in [0.15, 0.2) is 0 Å². The maximum absolute atomic E-state index is 5.19. The van der Waals surface area contributed by atoms with Crippen molar-refractivity contribution in [1.82, 2.24) is 9.97 Å². The lowest BCUT2D eigenvalue weighted by atomic mass is 9.88. The number of rotatable bonds is 6. The van der Waals surface area contributed by atoms with Crippen LogP contribution in [0, 0.1) is 13.8 Å². The number of aryl methyl sites for hydroxylation is 2. The molecule has 0 N–H and O–H groups in total. The molecule has 9 aromatic rings. The van der Waals surface area contributed by atoms with Gasteiger partial charge in [0.1, 0.15) is 0 Å². The van der Waals surface area contributed by atoms with Crippen LogP contribution in [0.1, 0.15) is 11.3 Å². The minimum absolute atomic E-state index is 0.949. The first-order chi connectivity index (χ1) is 25.6. The van der Waals surface area contributed by atoms with Crippen LogP contribution in [0.5, 0.6) is 0 Å². The van der Waals surface area contributed by atoms with Crippen molar-refractivity contribution in [3.63, 3.8) is 0 Å². The van der Waals surface area contributed by atoms with Crippen molar-refractivity contribution >= 4 is 21.5 Å². The molecule has 0 aliphatic heterocycles. The van der Waals surface area contributed by atoms with Crippen molar-refractivity contribution < 1.29 is 0 Å². The van der Waals surface area contributed by atoms with Crippen LogP contribution in [0.25, 0.3) is 88.7 Å². The van der Waals surface area contributed by atoms with Gasteiger partial charge in [0.2, 0.25) is 0 Å². The van der Waals surface area contributed by atoms with Crippen molar-refractivity contribution in [2.75, 3.05) is 0 Å². The monoisotopic (exact) mass is 664 g/mol. The average molecular weight is 665 g/mol. The van der Waals surface area contributed by atoms with Crippen LogP contribution in [0.2, 0.25) is 0 Å². The molecule has 0 amide bonds. The van der Waals surface area contributed by atoms with Crippen LogP contribution in [-0.4, -0.2) is 9.97 Å². The fourth-order valence-electron chi connectivity index (χ4n) is 7.46.